The second kappa shape index (κ2) is 8.34. The molecule has 1 aliphatic heterocycles. The van der Waals surface area contributed by atoms with Gasteiger partial charge in [-0.1, -0.05) is 19.4 Å². The first kappa shape index (κ1) is 19.3. The van der Waals surface area contributed by atoms with Crippen LogP contribution in [0.5, 0.6) is 11.5 Å². The summed E-state index contributed by atoms with van der Waals surface area (Å²) in [6.45, 7) is 3.90. The highest BCUT2D eigenvalue weighted by Gasteiger charge is 2.34. The van der Waals surface area contributed by atoms with Gasteiger partial charge in [0.15, 0.2) is 11.5 Å². The number of ether oxygens (including phenoxy) is 2. The lowest BCUT2D eigenvalue weighted by Gasteiger charge is -2.27. The Morgan fingerprint density at radius 2 is 1.85 bits per heavy atom. The van der Waals surface area contributed by atoms with E-state index in [2.05, 4.69) is 0 Å². The summed E-state index contributed by atoms with van der Waals surface area (Å²) in [5, 5.41) is 9.37. The van der Waals surface area contributed by atoms with Crippen LogP contribution in [0.3, 0.4) is 0 Å². The van der Waals surface area contributed by atoms with Gasteiger partial charge in [0.25, 0.3) is 11.8 Å². The number of nitriles is 1. The van der Waals surface area contributed by atoms with Crippen LogP contribution in [0, 0.1) is 11.3 Å². The predicted octanol–water partition coefficient (Wildman–Crippen LogP) is 3.10. The van der Waals surface area contributed by atoms with Crippen LogP contribution in [0.15, 0.2) is 34.9 Å². The van der Waals surface area contributed by atoms with Crippen molar-refractivity contribution >= 4 is 17.9 Å². The molecule has 0 bridgehead atoms. The van der Waals surface area contributed by atoms with Crippen molar-refractivity contribution in [2.24, 2.45) is 0 Å². The second-order valence-corrected chi connectivity index (χ2v) is 5.90. The zero-order chi connectivity index (χ0) is 19.3. The van der Waals surface area contributed by atoms with E-state index in [0.29, 0.717) is 41.2 Å². The quantitative estimate of drug-likeness (QED) is 0.579. The van der Waals surface area contributed by atoms with Crippen LogP contribution >= 0.6 is 0 Å². The lowest BCUT2D eigenvalue weighted by molar-refractivity contribution is -0.140. The maximum Gasteiger partial charge on any atom is 0.271 e. The van der Waals surface area contributed by atoms with Crippen LogP contribution in [-0.4, -0.2) is 37.5 Å². The largest absolute Gasteiger partial charge is 0.493 e. The van der Waals surface area contributed by atoms with Crippen molar-refractivity contribution in [1.82, 2.24) is 4.90 Å². The molecule has 0 spiro atoms. The molecule has 136 valence electrons. The molecule has 1 aromatic carbocycles. The summed E-state index contributed by atoms with van der Waals surface area (Å²) in [6, 6.07) is 7.20. The molecule has 0 aromatic heterocycles. The Bertz CT molecular complexity index is 831. The number of hydrogen-bond acceptors (Lipinski definition) is 5. The lowest BCUT2D eigenvalue weighted by atomic mass is 9.93. The van der Waals surface area contributed by atoms with Gasteiger partial charge in [-0.25, -0.2) is 0 Å². The Morgan fingerprint density at radius 1 is 1.15 bits per heavy atom. The molecule has 0 fully saturated rings. The minimum atomic E-state index is -0.520. The summed E-state index contributed by atoms with van der Waals surface area (Å²) in [4.78, 5) is 26.4. The number of methoxy groups -OCH3 is 2. The number of benzene rings is 1. The SMILES string of the molecule is CCCCN1C(=O)C(=Cc2ccc(OC)c(OC)c2)C(C)=C(C#N)C1=O. The average Bonchev–Trinajstić information content (AvgIpc) is 2.65. The summed E-state index contributed by atoms with van der Waals surface area (Å²) < 4.78 is 10.5. The summed E-state index contributed by atoms with van der Waals surface area (Å²) in [6.07, 6.45) is 3.21. The first-order valence-electron chi connectivity index (χ1n) is 8.39. The molecule has 2 amide bonds. The maximum atomic E-state index is 12.8. The lowest BCUT2D eigenvalue weighted by Crippen LogP contribution is -2.43. The molecule has 6 nitrogen and oxygen atoms in total. The van der Waals surface area contributed by atoms with E-state index in [4.69, 9.17) is 9.47 Å². The van der Waals surface area contributed by atoms with E-state index in [0.717, 1.165) is 11.3 Å². The third kappa shape index (κ3) is 3.62. The topological polar surface area (TPSA) is 79.6 Å². The predicted molar refractivity (Wildman–Crippen MR) is 97.5 cm³/mol. The molecule has 0 radical (unpaired) electrons. The molecule has 0 unspecified atom stereocenters. The Balaban J connectivity index is 2.53. The van der Waals surface area contributed by atoms with Gasteiger partial charge in [0.05, 0.1) is 14.2 Å². The van der Waals surface area contributed by atoms with E-state index in [1.807, 2.05) is 13.0 Å². The van der Waals surface area contributed by atoms with Gasteiger partial charge in [0.2, 0.25) is 0 Å². The normalized spacial score (nSPS) is 16.1. The Kier molecular flexibility index (Phi) is 6.18. The Morgan fingerprint density at radius 3 is 2.42 bits per heavy atom. The number of carbonyl (C=O) groups is 2. The smallest absolute Gasteiger partial charge is 0.271 e. The van der Waals surface area contributed by atoms with Crippen molar-refractivity contribution in [2.45, 2.75) is 26.7 Å². The second-order valence-electron chi connectivity index (χ2n) is 5.90. The number of nitrogens with zero attached hydrogens (tertiary/aromatic N) is 2. The zero-order valence-electron chi connectivity index (χ0n) is 15.5. The molecule has 0 atom stereocenters. The molecule has 6 heteroatoms. The number of rotatable bonds is 6. The maximum absolute atomic E-state index is 12.8. The van der Waals surface area contributed by atoms with E-state index >= 15 is 0 Å². The number of unbranched alkanes of at least 4 members (excludes halogenated alkanes) is 1. The average molecular weight is 354 g/mol. The fourth-order valence-corrected chi connectivity index (χ4v) is 2.76. The molecular weight excluding hydrogens is 332 g/mol. The third-order valence-electron chi connectivity index (χ3n) is 4.28. The van der Waals surface area contributed by atoms with Crippen LogP contribution < -0.4 is 9.47 Å². The molecule has 0 saturated heterocycles. The first-order valence-corrected chi connectivity index (χ1v) is 8.39. The van der Waals surface area contributed by atoms with Gasteiger partial charge in [0.1, 0.15) is 11.6 Å². The van der Waals surface area contributed by atoms with Gasteiger partial charge >= 0.3 is 0 Å². The fourth-order valence-electron chi connectivity index (χ4n) is 2.76. The molecule has 1 aromatic rings. The molecule has 1 heterocycles. The Hall–Kier alpha value is -3.07. The molecule has 0 saturated carbocycles. The number of imide groups is 1. The highest BCUT2D eigenvalue weighted by molar-refractivity contribution is 6.19. The fraction of sp³-hybridized carbons (Fsp3) is 0.350. The van der Waals surface area contributed by atoms with Crippen LogP contribution in [0.2, 0.25) is 0 Å². The van der Waals surface area contributed by atoms with Crippen molar-refractivity contribution in [3.05, 3.63) is 40.5 Å². The molecule has 26 heavy (non-hydrogen) atoms. The standard InChI is InChI=1S/C20H22N2O4/c1-5-6-9-22-19(23)15(13(2)16(12-21)20(22)24)10-14-7-8-17(25-3)18(11-14)26-4/h7-8,10-11H,5-6,9H2,1-4H3. The highest BCUT2D eigenvalue weighted by atomic mass is 16.5. The van der Waals surface area contributed by atoms with E-state index in [1.165, 1.54) is 7.11 Å². The van der Waals surface area contributed by atoms with Crippen LogP contribution in [0.25, 0.3) is 6.08 Å². The van der Waals surface area contributed by atoms with Crippen molar-refractivity contribution in [3.8, 4) is 17.6 Å². The van der Waals surface area contributed by atoms with Crippen LogP contribution in [-0.2, 0) is 9.59 Å². The molecule has 2 rings (SSSR count). The Labute approximate surface area is 153 Å². The molecular formula is C20H22N2O4. The summed E-state index contributed by atoms with van der Waals surface area (Å²) in [5.41, 5.74) is 1.45. The van der Waals surface area contributed by atoms with E-state index < -0.39 is 5.91 Å². The number of hydrogen-bond donors (Lipinski definition) is 0. The zero-order valence-corrected chi connectivity index (χ0v) is 15.5. The van der Waals surface area contributed by atoms with Crippen LogP contribution in [0.1, 0.15) is 32.3 Å². The van der Waals surface area contributed by atoms with E-state index in [1.54, 1.807) is 38.3 Å². The van der Waals surface area contributed by atoms with Crippen molar-refractivity contribution < 1.29 is 19.1 Å². The van der Waals surface area contributed by atoms with Gasteiger partial charge in [-0.2, -0.15) is 5.26 Å². The summed E-state index contributed by atoms with van der Waals surface area (Å²) in [5.74, 6) is 0.211. The van der Waals surface area contributed by atoms with Gasteiger partial charge in [0, 0.05) is 12.1 Å². The monoisotopic (exact) mass is 354 g/mol. The van der Waals surface area contributed by atoms with Gasteiger partial charge in [-0.15, -0.1) is 0 Å². The van der Waals surface area contributed by atoms with Crippen molar-refractivity contribution in [1.29, 1.82) is 5.26 Å². The van der Waals surface area contributed by atoms with Gasteiger partial charge in [-0.3, -0.25) is 14.5 Å². The highest BCUT2D eigenvalue weighted by Crippen LogP contribution is 2.31. The van der Waals surface area contributed by atoms with E-state index in [9.17, 15) is 14.9 Å². The van der Waals surface area contributed by atoms with E-state index in [-0.39, 0.29) is 11.5 Å². The minimum absolute atomic E-state index is 0.00688. The third-order valence-corrected chi connectivity index (χ3v) is 4.28. The molecule has 0 N–H and O–H groups in total. The minimum Gasteiger partial charge on any atom is -0.493 e. The van der Waals surface area contributed by atoms with Gasteiger partial charge in [-0.05, 0) is 42.7 Å². The van der Waals surface area contributed by atoms with Crippen molar-refractivity contribution in [3.63, 3.8) is 0 Å². The van der Waals surface area contributed by atoms with Crippen molar-refractivity contribution in [2.75, 3.05) is 20.8 Å². The van der Waals surface area contributed by atoms with Gasteiger partial charge < -0.3 is 9.47 Å². The summed E-state index contributed by atoms with van der Waals surface area (Å²) >= 11 is 0. The number of carbonyl (C=O) groups excluding carboxylic acids is 2. The molecule has 1 aliphatic rings. The summed E-state index contributed by atoms with van der Waals surface area (Å²) in [7, 11) is 3.08. The first-order chi connectivity index (χ1) is 12.5. The molecule has 0 aliphatic carbocycles. The van der Waals surface area contributed by atoms with Crippen LogP contribution in [0.4, 0.5) is 0 Å². The number of amides is 2.